The third-order valence-corrected chi connectivity index (χ3v) is 4.66. The molecule has 3 N–H and O–H groups in total. The predicted octanol–water partition coefficient (Wildman–Crippen LogP) is -0.682. The summed E-state index contributed by atoms with van der Waals surface area (Å²) in [5, 5.41) is 8.30. The molecule has 0 radical (unpaired) electrons. The summed E-state index contributed by atoms with van der Waals surface area (Å²) >= 11 is 5.25. The highest BCUT2D eigenvalue weighted by Crippen LogP contribution is 2.39. The number of ether oxygens (including phenoxy) is 1. The minimum atomic E-state index is 0.638. The number of allylic oxidation sites excluding steroid dienone is 2. The van der Waals surface area contributed by atoms with Crippen LogP contribution in [0.5, 0.6) is 0 Å². The number of morpholine rings is 1. The number of fused-ring (bicyclic) bond motifs is 1. The van der Waals surface area contributed by atoms with Gasteiger partial charge in [-0.25, -0.2) is 0 Å². The molecule has 110 valence electrons. The van der Waals surface area contributed by atoms with E-state index in [2.05, 4.69) is 28.0 Å². The van der Waals surface area contributed by atoms with Gasteiger partial charge in [0.2, 0.25) is 0 Å². The number of hydrogen-bond donors (Lipinski definition) is 3. The van der Waals surface area contributed by atoms with Crippen molar-refractivity contribution < 1.29 is 9.64 Å². The average Bonchev–Trinajstić information content (AvgIpc) is 2.82. The molecule has 20 heavy (non-hydrogen) atoms. The van der Waals surface area contributed by atoms with Gasteiger partial charge in [0.15, 0.2) is 5.11 Å². The molecule has 0 amide bonds. The van der Waals surface area contributed by atoms with Gasteiger partial charge in [-0.1, -0.05) is 12.2 Å². The lowest BCUT2D eigenvalue weighted by molar-refractivity contribution is -0.906. The highest BCUT2D eigenvalue weighted by molar-refractivity contribution is 7.80. The van der Waals surface area contributed by atoms with Crippen LogP contribution >= 0.6 is 12.2 Å². The fourth-order valence-electron chi connectivity index (χ4n) is 3.09. The van der Waals surface area contributed by atoms with Crippen LogP contribution in [-0.2, 0) is 4.74 Å². The van der Waals surface area contributed by atoms with E-state index in [1.807, 2.05) is 0 Å². The first-order valence-electron chi connectivity index (χ1n) is 7.51. The van der Waals surface area contributed by atoms with Crippen molar-refractivity contribution in [2.24, 2.45) is 16.9 Å². The summed E-state index contributed by atoms with van der Waals surface area (Å²) in [5.74, 6) is 1.38. The third kappa shape index (κ3) is 3.37. The molecule has 6 heteroatoms. The second-order valence-electron chi connectivity index (χ2n) is 5.72. The van der Waals surface area contributed by atoms with E-state index in [4.69, 9.17) is 17.0 Å². The Morgan fingerprint density at radius 2 is 2.30 bits per heavy atom. The van der Waals surface area contributed by atoms with Crippen molar-refractivity contribution in [3.05, 3.63) is 12.2 Å². The molecule has 2 fully saturated rings. The zero-order valence-corrected chi connectivity index (χ0v) is 12.5. The van der Waals surface area contributed by atoms with Gasteiger partial charge in [0.1, 0.15) is 13.1 Å². The first kappa shape index (κ1) is 14.0. The van der Waals surface area contributed by atoms with E-state index in [1.54, 1.807) is 4.90 Å². The molecule has 0 bridgehead atoms. The van der Waals surface area contributed by atoms with Crippen molar-refractivity contribution in [2.45, 2.75) is 12.8 Å². The maximum Gasteiger partial charge on any atom is 0.187 e. The van der Waals surface area contributed by atoms with Crippen molar-refractivity contribution in [3.63, 3.8) is 0 Å². The highest BCUT2D eigenvalue weighted by Gasteiger charge is 2.37. The summed E-state index contributed by atoms with van der Waals surface area (Å²) in [6, 6.07) is 0. The van der Waals surface area contributed by atoms with Crippen molar-refractivity contribution in [1.82, 2.24) is 10.7 Å². The van der Waals surface area contributed by atoms with Gasteiger partial charge in [-0.15, -0.1) is 0 Å². The Balaban J connectivity index is 1.30. The van der Waals surface area contributed by atoms with Crippen molar-refractivity contribution in [1.29, 1.82) is 0 Å². The number of nitrogens with one attached hydrogen (secondary N) is 3. The quantitative estimate of drug-likeness (QED) is 0.365. The minimum Gasteiger partial charge on any atom is -0.370 e. The number of nitrogens with zero attached hydrogens (tertiary/aromatic N) is 1. The Bertz CT molecular complexity index is 417. The largest absolute Gasteiger partial charge is 0.370 e. The molecular formula is C14H23N4OS+. The smallest absolute Gasteiger partial charge is 0.187 e. The fourth-order valence-corrected chi connectivity index (χ4v) is 3.24. The van der Waals surface area contributed by atoms with E-state index in [0.29, 0.717) is 11.0 Å². The molecule has 3 aliphatic rings. The molecule has 2 aliphatic carbocycles. The normalized spacial score (nSPS) is 30.9. The fraction of sp³-hybridized carbons (Fsp3) is 0.714. The van der Waals surface area contributed by atoms with Gasteiger partial charge in [-0.05, 0) is 31.0 Å². The number of hydrogen-bond acceptors (Lipinski definition) is 3. The van der Waals surface area contributed by atoms with Gasteiger partial charge in [0.25, 0.3) is 0 Å². The van der Waals surface area contributed by atoms with Crippen LogP contribution in [0.1, 0.15) is 12.8 Å². The van der Waals surface area contributed by atoms with Gasteiger partial charge >= 0.3 is 0 Å². The maximum absolute atomic E-state index is 5.34. The van der Waals surface area contributed by atoms with Gasteiger partial charge in [-0.2, -0.15) is 5.10 Å². The summed E-state index contributed by atoms with van der Waals surface area (Å²) < 4.78 is 5.34. The zero-order valence-electron chi connectivity index (χ0n) is 11.7. The van der Waals surface area contributed by atoms with E-state index in [0.717, 1.165) is 58.2 Å². The molecule has 1 saturated heterocycles. The topological polar surface area (TPSA) is 50.1 Å². The minimum absolute atomic E-state index is 0.638. The number of hydrazone groups is 1. The first-order valence-corrected chi connectivity index (χ1v) is 7.92. The summed E-state index contributed by atoms with van der Waals surface area (Å²) in [4.78, 5) is 1.58. The summed E-state index contributed by atoms with van der Waals surface area (Å²) in [6.45, 7) is 5.92. The zero-order chi connectivity index (χ0) is 13.8. The monoisotopic (exact) mass is 295 g/mol. The van der Waals surface area contributed by atoms with Crippen LogP contribution in [0.4, 0.5) is 0 Å². The standard InChI is InChI=1S/C14H22N4OS/c20-14(15-4-5-18-6-8-19-9-7-18)17-16-13-10-11-2-1-3-12(11)13/h1-2,11-12H,3-10H2,(H2,15,17,20)/p+1/b16-13-/t11-,12-/m0/s1. The van der Waals surface area contributed by atoms with Gasteiger partial charge in [0, 0.05) is 11.6 Å². The molecular weight excluding hydrogens is 272 g/mol. The van der Waals surface area contributed by atoms with Crippen LogP contribution in [-0.4, -0.2) is 50.2 Å². The van der Waals surface area contributed by atoms with Crippen LogP contribution in [0.3, 0.4) is 0 Å². The molecule has 0 spiro atoms. The molecule has 5 nitrogen and oxygen atoms in total. The van der Waals surface area contributed by atoms with Crippen LogP contribution in [0.2, 0.25) is 0 Å². The molecule has 0 aromatic heterocycles. The SMILES string of the molecule is S=C(NCC[NH+]1CCOCC1)N/N=C1/C[C@@H]2C=CC[C@H]12. The lowest BCUT2D eigenvalue weighted by Crippen LogP contribution is -3.14. The van der Waals surface area contributed by atoms with E-state index in [9.17, 15) is 0 Å². The maximum atomic E-state index is 5.34. The molecule has 0 aromatic carbocycles. The van der Waals surface area contributed by atoms with Crippen LogP contribution in [0, 0.1) is 11.8 Å². The molecule has 3 rings (SSSR count). The van der Waals surface area contributed by atoms with Gasteiger partial charge in [-0.3, -0.25) is 5.43 Å². The van der Waals surface area contributed by atoms with E-state index >= 15 is 0 Å². The molecule has 1 aliphatic heterocycles. The van der Waals surface area contributed by atoms with Crippen LogP contribution < -0.4 is 15.6 Å². The summed E-state index contributed by atoms with van der Waals surface area (Å²) in [5.41, 5.74) is 4.25. The highest BCUT2D eigenvalue weighted by atomic mass is 32.1. The second kappa shape index (κ2) is 6.65. The van der Waals surface area contributed by atoms with E-state index in [-0.39, 0.29) is 0 Å². The number of rotatable bonds is 4. The first-order chi connectivity index (χ1) is 9.83. The van der Waals surface area contributed by atoms with Crippen molar-refractivity contribution in [2.75, 3.05) is 39.4 Å². The van der Waals surface area contributed by atoms with Crippen LogP contribution in [0.15, 0.2) is 17.3 Å². The predicted molar refractivity (Wildman–Crippen MR) is 82.9 cm³/mol. The molecule has 1 heterocycles. The Kier molecular flexibility index (Phi) is 4.65. The molecule has 0 aromatic rings. The summed E-state index contributed by atoms with van der Waals surface area (Å²) in [6.07, 6.45) is 6.81. The Labute approximate surface area is 125 Å². The average molecular weight is 295 g/mol. The Hall–Kier alpha value is -0.980. The van der Waals surface area contributed by atoms with Crippen LogP contribution in [0.25, 0.3) is 0 Å². The molecule has 0 unspecified atom stereocenters. The van der Waals surface area contributed by atoms with Crippen molar-refractivity contribution in [3.8, 4) is 0 Å². The van der Waals surface area contributed by atoms with Gasteiger partial charge < -0.3 is 15.0 Å². The Morgan fingerprint density at radius 3 is 3.10 bits per heavy atom. The van der Waals surface area contributed by atoms with E-state index < -0.39 is 0 Å². The number of thiocarbonyl (C=S) groups is 1. The molecule has 2 atom stereocenters. The van der Waals surface area contributed by atoms with Crippen molar-refractivity contribution >= 4 is 23.0 Å². The Morgan fingerprint density at radius 1 is 1.45 bits per heavy atom. The second-order valence-corrected chi connectivity index (χ2v) is 6.13. The van der Waals surface area contributed by atoms with Gasteiger partial charge in [0.05, 0.1) is 26.3 Å². The lowest BCUT2D eigenvalue weighted by Gasteiger charge is -2.32. The lowest BCUT2D eigenvalue weighted by atomic mass is 9.74. The molecule has 1 saturated carbocycles. The third-order valence-electron chi connectivity index (χ3n) is 4.43. The number of quaternary nitrogens is 1. The summed E-state index contributed by atoms with van der Waals surface area (Å²) in [7, 11) is 0. The van der Waals surface area contributed by atoms with E-state index in [1.165, 1.54) is 5.71 Å².